The van der Waals surface area contributed by atoms with E-state index < -0.39 is 5.82 Å². The maximum absolute atomic E-state index is 13.8. The molecule has 0 bridgehead atoms. The van der Waals surface area contributed by atoms with E-state index in [0.29, 0.717) is 29.3 Å². The van der Waals surface area contributed by atoms with Gasteiger partial charge in [0.15, 0.2) is 22.5 Å². The summed E-state index contributed by atoms with van der Waals surface area (Å²) >= 11 is 1.35. The second kappa shape index (κ2) is 10.4. The van der Waals surface area contributed by atoms with Crippen molar-refractivity contribution in [3.63, 3.8) is 0 Å². The van der Waals surface area contributed by atoms with E-state index in [2.05, 4.69) is 16.8 Å². The quantitative estimate of drug-likeness (QED) is 0.454. The van der Waals surface area contributed by atoms with Gasteiger partial charge in [-0.25, -0.2) is 4.39 Å². The highest BCUT2D eigenvalue weighted by Crippen LogP contribution is 2.24. The molecule has 0 N–H and O–H groups in total. The van der Waals surface area contributed by atoms with Crippen molar-refractivity contribution in [3.05, 3.63) is 48.6 Å². The number of hydrogen-bond donors (Lipinski definition) is 0. The van der Waals surface area contributed by atoms with Crippen LogP contribution in [0.2, 0.25) is 0 Å². The monoisotopic (exact) mass is 418 g/mol. The maximum atomic E-state index is 13.8. The van der Waals surface area contributed by atoms with Crippen LogP contribution in [-0.2, 0) is 17.9 Å². The zero-order valence-electron chi connectivity index (χ0n) is 16.7. The van der Waals surface area contributed by atoms with E-state index in [0.717, 1.165) is 12.8 Å². The van der Waals surface area contributed by atoms with Crippen molar-refractivity contribution < 1.29 is 13.9 Å². The zero-order valence-corrected chi connectivity index (χ0v) is 17.5. The molecule has 3 rings (SSSR count). The average Bonchev–Trinajstić information content (AvgIpc) is 3.13. The third-order valence-corrected chi connectivity index (χ3v) is 6.09. The van der Waals surface area contributed by atoms with Crippen LogP contribution >= 0.6 is 11.8 Å². The second-order valence-electron chi connectivity index (χ2n) is 7.10. The summed E-state index contributed by atoms with van der Waals surface area (Å²) in [7, 11) is 1.89. The molecule has 1 amide bonds. The summed E-state index contributed by atoms with van der Waals surface area (Å²) in [5, 5.41) is 8.99. The highest BCUT2D eigenvalue weighted by atomic mass is 32.2. The lowest BCUT2D eigenvalue weighted by Gasteiger charge is -2.31. The Kier molecular flexibility index (Phi) is 7.69. The van der Waals surface area contributed by atoms with E-state index in [4.69, 9.17) is 4.74 Å². The van der Waals surface area contributed by atoms with Gasteiger partial charge in [-0.05, 0) is 25.0 Å². The van der Waals surface area contributed by atoms with Crippen molar-refractivity contribution in [2.45, 2.75) is 56.5 Å². The molecule has 1 saturated carbocycles. The van der Waals surface area contributed by atoms with Gasteiger partial charge in [0.1, 0.15) is 6.61 Å². The highest BCUT2D eigenvalue weighted by molar-refractivity contribution is 7.99. The molecule has 1 aromatic carbocycles. The number of benzene rings is 1. The summed E-state index contributed by atoms with van der Waals surface area (Å²) in [4.78, 5) is 14.5. The summed E-state index contributed by atoms with van der Waals surface area (Å²) in [5.74, 6) is 0.700. The number of para-hydroxylation sites is 1. The molecule has 29 heavy (non-hydrogen) atoms. The van der Waals surface area contributed by atoms with Gasteiger partial charge in [0.05, 0.1) is 5.75 Å². The van der Waals surface area contributed by atoms with Gasteiger partial charge in [-0.2, -0.15) is 0 Å². The minimum Gasteiger partial charge on any atom is -0.483 e. The lowest BCUT2D eigenvalue weighted by atomic mass is 9.94. The number of aromatic nitrogens is 3. The smallest absolute Gasteiger partial charge is 0.233 e. The van der Waals surface area contributed by atoms with Crippen LogP contribution in [-0.4, -0.2) is 44.4 Å². The molecule has 1 heterocycles. The number of nitrogens with zero attached hydrogens (tertiary/aromatic N) is 4. The van der Waals surface area contributed by atoms with Crippen LogP contribution in [0.15, 0.2) is 42.1 Å². The normalized spacial score (nSPS) is 14.6. The van der Waals surface area contributed by atoms with Gasteiger partial charge >= 0.3 is 0 Å². The van der Waals surface area contributed by atoms with Crippen LogP contribution in [0.5, 0.6) is 5.75 Å². The number of thioether (sulfide) groups is 1. The number of halogens is 1. The summed E-state index contributed by atoms with van der Waals surface area (Å²) < 4.78 is 21.1. The lowest BCUT2D eigenvalue weighted by molar-refractivity contribution is -0.129. The predicted octanol–water partition coefficient (Wildman–Crippen LogP) is 4.07. The van der Waals surface area contributed by atoms with Crippen LogP contribution < -0.4 is 4.74 Å². The van der Waals surface area contributed by atoms with Crippen LogP contribution in [0.1, 0.15) is 37.9 Å². The first kappa shape index (κ1) is 21.4. The Bertz CT molecular complexity index is 836. The Morgan fingerprint density at radius 3 is 2.83 bits per heavy atom. The van der Waals surface area contributed by atoms with Crippen LogP contribution in [0.3, 0.4) is 0 Å². The summed E-state index contributed by atoms with van der Waals surface area (Å²) in [6, 6.07) is 6.58. The third kappa shape index (κ3) is 5.59. The molecule has 0 saturated heterocycles. The average molecular weight is 419 g/mol. The van der Waals surface area contributed by atoms with Crippen molar-refractivity contribution in [2.75, 3.05) is 12.8 Å². The number of carbonyl (C=O) groups is 1. The fourth-order valence-electron chi connectivity index (χ4n) is 3.45. The van der Waals surface area contributed by atoms with Gasteiger partial charge in [-0.15, -0.1) is 16.8 Å². The van der Waals surface area contributed by atoms with E-state index in [9.17, 15) is 9.18 Å². The van der Waals surface area contributed by atoms with Gasteiger partial charge in [-0.1, -0.05) is 49.2 Å². The summed E-state index contributed by atoms with van der Waals surface area (Å²) in [6.07, 6.45) is 7.53. The maximum Gasteiger partial charge on any atom is 0.233 e. The SMILES string of the molecule is C=CCn1c(COc2ccccc2F)nnc1SCC(=O)N(C)C1CCCCC1. The van der Waals surface area contributed by atoms with Gasteiger partial charge in [0.2, 0.25) is 5.91 Å². The van der Waals surface area contributed by atoms with E-state index in [-0.39, 0.29) is 18.3 Å². The molecule has 1 aliphatic rings. The van der Waals surface area contributed by atoms with Gasteiger partial charge in [-0.3, -0.25) is 9.36 Å². The molecular weight excluding hydrogens is 391 g/mol. The molecule has 6 nitrogen and oxygen atoms in total. The number of rotatable bonds is 9. The van der Waals surface area contributed by atoms with Crippen molar-refractivity contribution in [3.8, 4) is 5.75 Å². The Morgan fingerprint density at radius 2 is 2.10 bits per heavy atom. The number of allylic oxidation sites excluding steroid dienone is 1. The molecule has 0 atom stereocenters. The van der Waals surface area contributed by atoms with E-state index in [1.807, 2.05) is 16.5 Å². The van der Waals surface area contributed by atoms with Crippen LogP contribution in [0.25, 0.3) is 0 Å². The molecule has 1 aliphatic carbocycles. The van der Waals surface area contributed by atoms with E-state index >= 15 is 0 Å². The first-order valence-electron chi connectivity index (χ1n) is 9.89. The standard InChI is InChI=1S/C21H27FN4O2S/c1-3-13-26-19(14-28-18-12-8-7-11-17(18)22)23-24-21(26)29-15-20(27)25(2)16-9-5-4-6-10-16/h3,7-8,11-12,16H,1,4-6,9-10,13-15H2,2H3. The molecule has 0 spiro atoms. The number of amides is 1. The predicted molar refractivity (Wildman–Crippen MR) is 111 cm³/mol. The van der Waals surface area contributed by atoms with Crippen LogP contribution in [0.4, 0.5) is 4.39 Å². The van der Waals surface area contributed by atoms with Gasteiger partial charge < -0.3 is 9.64 Å². The fourth-order valence-corrected chi connectivity index (χ4v) is 4.34. The molecule has 1 aromatic heterocycles. The Morgan fingerprint density at radius 1 is 1.34 bits per heavy atom. The first-order valence-corrected chi connectivity index (χ1v) is 10.9. The molecule has 0 aliphatic heterocycles. The van der Waals surface area contributed by atoms with Crippen molar-refractivity contribution >= 4 is 17.7 Å². The minimum atomic E-state index is -0.423. The number of ether oxygens (including phenoxy) is 1. The number of carbonyl (C=O) groups excluding carboxylic acids is 1. The van der Waals surface area contributed by atoms with Gasteiger partial charge in [0, 0.05) is 19.6 Å². The number of hydrogen-bond acceptors (Lipinski definition) is 5. The van der Waals surface area contributed by atoms with Crippen molar-refractivity contribution in [2.24, 2.45) is 0 Å². The molecule has 1 fully saturated rings. The third-order valence-electron chi connectivity index (χ3n) is 5.14. The highest BCUT2D eigenvalue weighted by Gasteiger charge is 2.23. The van der Waals surface area contributed by atoms with Gasteiger partial charge in [0.25, 0.3) is 0 Å². The van der Waals surface area contributed by atoms with Crippen molar-refractivity contribution in [1.82, 2.24) is 19.7 Å². The Labute approximate surface area is 175 Å². The molecule has 8 heteroatoms. The first-order chi connectivity index (χ1) is 14.1. The summed E-state index contributed by atoms with van der Waals surface area (Å²) in [6.45, 7) is 4.34. The molecule has 2 aromatic rings. The van der Waals surface area contributed by atoms with E-state index in [1.54, 1.807) is 24.3 Å². The largest absolute Gasteiger partial charge is 0.483 e. The molecule has 0 radical (unpaired) electrons. The van der Waals surface area contributed by atoms with E-state index in [1.165, 1.54) is 37.1 Å². The van der Waals surface area contributed by atoms with Crippen molar-refractivity contribution in [1.29, 1.82) is 0 Å². The molecule has 156 valence electrons. The second-order valence-corrected chi connectivity index (χ2v) is 8.04. The Hall–Kier alpha value is -2.35. The zero-order chi connectivity index (χ0) is 20.6. The van der Waals surface area contributed by atoms with Crippen LogP contribution in [0, 0.1) is 5.82 Å². The summed E-state index contributed by atoms with van der Waals surface area (Å²) in [5.41, 5.74) is 0. The lowest BCUT2D eigenvalue weighted by Crippen LogP contribution is -2.39. The topological polar surface area (TPSA) is 60.2 Å². The fraction of sp³-hybridized carbons (Fsp3) is 0.476. The molecular formula is C21H27FN4O2S. The Balaban J connectivity index is 1.61. The minimum absolute atomic E-state index is 0.0816. The molecule has 0 unspecified atom stereocenters.